The van der Waals surface area contributed by atoms with Crippen LogP contribution in [0.25, 0.3) is 10.9 Å². The number of hydrogen-bond donors (Lipinski definition) is 1. The molecular formula is C11H15N3. The number of nitrogens with zero attached hydrogens (tertiary/aromatic N) is 2. The van der Waals surface area contributed by atoms with Crippen molar-refractivity contribution in [3.63, 3.8) is 0 Å². The van der Waals surface area contributed by atoms with E-state index in [9.17, 15) is 0 Å². The maximum absolute atomic E-state index is 5.62. The Bertz CT molecular complexity index is 463. The second kappa shape index (κ2) is 2.74. The zero-order valence-electron chi connectivity index (χ0n) is 8.78. The third-order valence-electron chi connectivity index (χ3n) is 2.32. The summed E-state index contributed by atoms with van der Waals surface area (Å²) >= 11 is 0. The van der Waals surface area contributed by atoms with Gasteiger partial charge in [0.05, 0.1) is 11.7 Å². The van der Waals surface area contributed by atoms with Crippen LogP contribution in [0.5, 0.6) is 0 Å². The van der Waals surface area contributed by atoms with E-state index in [0.29, 0.717) is 5.82 Å². The summed E-state index contributed by atoms with van der Waals surface area (Å²) in [5, 5.41) is 1.15. The summed E-state index contributed by atoms with van der Waals surface area (Å²) < 4.78 is 2.20. The molecule has 2 N–H and O–H groups in total. The van der Waals surface area contributed by atoms with Crippen molar-refractivity contribution < 1.29 is 0 Å². The maximum atomic E-state index is 5.62. The Morgan fingerprint density at radius 3 is 2.71 bits per heavy atom. The van der Waals surface area contributed by atoms with Gasteiger partial charge in [-0.1, -0.05) is 0 Å². The van der Waals surface area contributed by atoms with Gasteiger partial charge in [-0.25, -0.2) is 4.98 Å². The van der Waals surface area contributed by atoms with E-state index in [1.54, 1.807) is 0 Å². The van der Waals surface area contributed by atoms with Crippen LogP contribution in [0.2, 0.25) is 0 Å². The molecule has 0 aliphatic heterocycles. The van der Waals surface area contributed by atoms with Crippen molar-refractivity contribution >= 4 is 16.7 Å². The van der Waals surface area contributed by atoms with E-state index in [0.717, 1.165) is 10.9 Å². The van der Waals surface area contributed by atoms with E-state index in [1.807, 2.05) is 12.3 Å². The highest BCUT2D eigenvalue weighted by atomic mass is 15.0. The number of nitrogen functional groups attached to an aromatic ring is 1. The van der Waals surface area contributed by atoms with Crippen molar-refractivity contribution in [2.45, 2.75) is 26.3 Å². The first-order chi connectivity index (χ1) is 6.48. The first-order valence-corrected chi connectivity index (χ1v) is 4.71. The fourth-order valence-corrected chi connectivity index (χ4v) is 1.64. The van der Waals surface area contributed by atoms with Crippen molar-refractivity contribution in [2.75, 3.05) is 5.73 Å². The normalized spacial score (nSPS) is 12.2. The zero-order valence-corrected chi connectivity index (χ0v) is 8.78. The van der Waals surface area contributed by atoms with Gasteiger partial charge in [0, 0.05) is 17.1 Å². The number of pyridine rings is 1. The molecule has 0 radical (unpaired) electrons. The van der Waals surface area contributed by atoms with Crippen molar-refractivity contribution in [2.24, 2.45) is 0 Å². The Morgan fingerprint density at radius 1 is 1.36 bits per heavy atom. The Balaban J connectivity index is 2.70. The van der Waals surface area contributed by atoms with Gasteiger partial charge in [-0.05, 0) is 32.9 Å². The molecule has 0 saturated carbocycles. The summed E-state index contributed by atoms with van der Waals surface area (Å²) in [6, 6.07) is 3.97. The molecule has 74 valence electrons. The Labute approximate surface area is 83.6 Å². The van der Waals surface area contributed by atoms with E-state index in [-0.39, 0.29) is 5.54 Å². The molecule has 2 heterocycles. The fraction of sp³-hybridized carbons (Fsp3) is 0.364. The molecule has 3 nitrogen and oxygen atoms in total. The SMILES string of the molecule is CC(C)(C)n1ccc2cc(N)ncc21. The van der Waals surface area contributed by atoms with Crippen LogP contribution in [0.3, 0.4) is 0 Å². The zero-order chi connectivity index (χ0) is 10.3. The number of hydrogen-bond acceptors (Lipinski definition) is 2. The van der Waals surface area contributed by atoms with Crippen LogP contribution in [-0.2, 0) is 5.54 Å². The molecular weight excluding hydrogens is 174 g/mol. The molecule has 0 saturated heterocycles. The van der Waals surface area contributed by atoms with Crippen LogP contribution in [0, 0.1) is 0 Å². The largest absolute Gasteiger partial charge is 0.384 e. The molecule has 0 amide bonds. The van der Waals surface area contributed by atoms with Gasteiger partial charge >= 0.3 is 0 Å². The van der Waals surface area contributed by atoms with Gasteiger partial charge < -0.3 is 10.3 Å². The second-order valence-corrected chi connectivity index (χ2v) is 4.52. The lowest BCUT2D eigenvalue weighted by Crippen LogP contribution is -2.20. The standard InChI is InChI=1S/C11H15N3/c1-11(2,3)14-5-4-8-6-10(12)13-7-9(8)14/h4-7H,1-3H3,(H2,12,13). The molecule has 0 bridgehead atoms. The number of rotatable bonds is 0. The van der Waals surface area contributed by atoms with Gasteiger partial charge in [-0.15, -0.1) is 0 Å². The second-order valence-electron chi connectivity index (χ2n) is 4.52. The molecule has 14 heavy (non-hydrogen) atoms. The van der Waals surface area contributed by atoms with Crippen LogP contribution in [0.4, 0.5) is 5.82 Å². The molecule has 0 fully saturated rings. The molecule has 0 aliphatic carbocycles. The highest BCUT2D eigenvalue weighted by Gasteiger charge is 2.14. The van der Waals surface area contributed by atoms with Gasteiger partial charge in [-0.2, -0.15) is 0 Å². The highest BCUT2D eigenvalue weighted by molar-refractivity contribution is 5.81. The minimum Gasteiger partial charge on any atom is -0.384 e. The molecule has 2 aromatic heterocycles. The average Bonchev–Trinajstić information content (AvgIpc) is 2.45. The topological polar surface area (TPSA) is 43.8 Å². The fourth-order valence-electron chi connectivity index (χ4n) is 1.64. The average molecular weight is 189 g/mol. The Hall–Kier alpha value is -1.51. The predicted octanol–water partition coefficient (Wildman–Crippen LogP) is 2.37. The number of nitrogens with two attached hydrogens (primary N) is 1. The van der Waals surface area contributed by atoms with Crippen molar-refractivity contribution in [1.82, 2.24) is 9.55 Å². The van der Waals surface area contributed by atoms with Crippen molar-refractivity contribution in [3.8, 4) is 0 Å². The number of fused-ring (bicyclic) bond motifs is 1. The third-order valence-corrected chi connectivity index (χ3v) is 2.32. The van der Waals surface area contributed by atoms with E-state index in [4.69, 9.17) is 5.73 Å². The van der Waals surface area contributed by atoms with Crippen LogP contribution in [0.15, 0.2) is 24.5 Å². The summed E-state index contributed by atoms with van der Waals surface area (Å²) in [5.74, 6) is 0.573. The molecule has 0 unspecified atom stereocenters. The van der Waals surface area contributed by atoms with Gasteiger partial charge in [0.15, 0.2) is 0 Å². The smallest absolute Gasteiger partial charge is 0.124 e. The lowest BCUT2D eigenvalue weighted by Gasteiger charge is -2.22. The van der Waals surface area contributed by atoms with E-state index < -0.39 is 0 Å². The Kier molecular flexibility index (Phi) is 1.77. The first-order valence-electron chi connectivity index (χ1n) is 4.71. The van der Waals surface area contributed by atoms with Gasteiger partial charge in [0.25, 0.3) is 0 Å². The summed E-state index contributed by atoms with van der Waals surface area (Å²) in [6.07, 6.45) is 3.90. The minimum absolute atomic E-state index is 0.0829. The minimum atomic E-state index is 0.0829. The summed E-state index contributed by atoms with van der Waals surface area (Å²) in [6.45, 7) is 6.51. The maximum Gasteiger partial charge on any atom is 0.124 e. The summed E-state index contributed by atoms with van der Waals surface area (Å²) in [4.78, 5) is 4.11. The number of aromatic nitrogens is 2. The summed E-state index contributed by atoms with van der Waals surface area (Å²) in [7, 11) is 0. The third kappa shape index (κ3) is 1.35. The molecule has 0 spiro atoms. The van der Waals surface area contributed by atoms with E-state index >= 15 is 0 Å². The molecule has 0 aromatic carbocycles. The van der Waals surface area contributed by atoms with Crippen molar-refractivity contribution in [1.29, 1.82) is 0 Å². The highest BCUT2D eigenvalue weighted by Crippen LogP contribution is 2.23. The first kappa shape index (κ1) is 9.06. The predicted molar refractivity (Wildman–Crippen MR) is 59.1 cm³/mol. The lowest BCUT2D eigenvalue weighted by atomic mass is 10.1. The van der Waals surface area contributed by atoms with Gasteiger partial charge in [-0.3, -0.25) is 0 Å². The molecule has 3 heteroatoms. The lowest BCUT2D eigenvalue weighted by molar-refractivity contribution is 0.410. The molecule has 2 aromatic rings. The number of anilines is 1. The quantitative estimate of drug-likeness (QED) is 0.691. The van der Waals surface area contributed by atoms with Gasteiger partial charge in [0.1, 0.15) is 5.82 Å². The Morgan fingerprint density at radius 2 is 2.07 bits per heavy atom. The van der Waals surface area contributed by atoms with E-state index in [1.165, 1.54) is 0 Å². The van der Waals surface area contributed by atoms with Crippen LogP contribution >= 0.6 is 0 Å². The molecule has 0 aliphatic rings. The molecule has 2 rings (SSSR count). The van der Waals surface area contributed by atoms with Crippen molar-refractivity contribution in [3.05, 3.63) is 24.5 Å². The molecule has 0 atom stereocenters. The monoisotopic (exact) mass is 189 g/mol. The van der Waals surface area contributed by atoms with E-state index in [2.05, 4.69) is 42.6 Å². The van der Waals surface area contributed by atoms with Crippen LogP contribution in [0.1, 0.15) is 20.8 Å². The van der Waals surface area contributed by atoms with Gasteiger partial charge in [0.2, 0.25) is 0 Å². The summed E-state index contributed by atoms with van der Waals surface area (Å²) in [5.41, 5.74) is 6.84. The van der Waals surface area contributed by atoms with Crippen LogP contribution < -0.4 is 5.73 Å². The van der Waals surface area contributed by atoms with Crippen LogP contribution in [-0.4, -0.2) is 9.55 Å².